The van der Waals surface area contributed by atoms with Crippen LogP contribution in [-0.2, 0) is 0 Å². The molecule has 1 saturated heterocycles. The highest BCUT2D eigenvalue weighted by molar-refractivity contribution is 5.81. The molecule has 0 aromatic heterocycles. The molecule has 0 bridgehead atoms. The summed E-state index contributed by atoms with van der Waals surface area (Å²) in [7, 11) is 2.11. The number of nitrogens with zero attached hydrogens (tertiary/aromatic N) is 3. The van der Waals surface area contributed by atoms with Crippen molar-refractivity contribution in [3.05, 3.63) is 0 Å². The largest absolute Gasteiger partial charge is 0.356 e. The van der Waals surface area contributed by atoms with Gasteiger partial charge < -0.3 is 15.1 Å². The van der Waals surface area contributed by atoms with Crippen LogP contribution in [-0.4, -0.2) is 61.6 Å². The van der Waals surface area contributed by atoms with Gasteiger partial charge in [-0.15, -0.1) is 0 Å². The molecule has 0 spiro atoms. The van der Waals surface area contributed by atoms with Crippen LogP contribution in [0.2, 0.25) is 0 Å². The topological polar surface area (TPSA) is 30.9 Å². The quantitative estimate of drug-likeness (QED) is 0.796. The lowest BCUT2D eigenvalue weighted by molar-refractivity contribution is 0.140. The monoisotopic (exact) mass is 238 g/mol. The Morgan fingerprint density at radius 1 is 1.41 bits per heavy atom. The SMILES string of the molecule is CC(C)N1CCCC(CNC2=NCCN2C)C1. The molecule has 2 heterocycles. The van der Waals surface area contributed by atoms with Crippen LogP contribution in [0.3, 0.4) is 0 Å². The summed E-state index contributed by atoms with van der Waals surface area (Å²) in [4.78, 5) is 9.28. The molecule has 4 nitrogen and oxygen atoms in total. The molecule has 1 atom stereocenters. The average Bonchev–Trinajstić information content (AvgIpc) is 2.72. The highest BCUT2D eigenvalue weighted by atomic mass is 15.3. The lowest BCUT2D eigenvalue weighted by atomic mass is 9.97. The van der Waals surface area contributed by atoms with Crippen LogP contribution in [0.1, 0.15) is 26.7 Å². The summed E-state index contributed by atoms with van der Waals surface area (Å²) in [5.41, 5.74) is 0. The van der Waals surface area contributed by atoms with Crippen molar-refractivity contribution in [2.24, 2.45) is 10.9 Å². The zero-order valence-corrected chi connectivity index (χ0v) is 11.4. The van der Waals surface area contributed by atoms with Crippen molar-refractivity contribution in [1.82, 2.24) is 15.1 Å². The molecule has 0 saturated carbocycles. The number of likely N-dealkylation sites (N-methyl/N-ethyl adjacent to an activating group) is 1. The first kappa shape index (κ1) is 12.7. The number of guanidine groups is 1. The smallest absolute Gasteiger partial charge is 0.193 e. The molecule has 1 unspecified atom stereocenters. The summed E-state index contributed by atoms with van der Waals surface area (Å²) in [6.07, 6.45) is 2.69. The lowest BCUT2D eigenvalue weighted by Gasteiger charge is -2.35. The van der Waals surface area contributed by atoms with Gasteiger partial charge in [-0.1, -0.05) is 0 Å². The number of aliphatic imine (C=N–C) groups is 1. The number of rotatable bonds is 3. The standard InChI is InChI=1S/C13H26N4/c1-11(2)17-7-4-5-12(10-17)9-15-13-14-6-8-16(13)3/h11-12H,4-10H2,1-3H3,(H,14,15). The van der Waals surface area contributed by atoms with Gasteiger partial charge in [0.05, 0.1) is 6.54 Å². The first-order valence-electron chi connectivity index (χ1n) is 6.90. The van der Waals surface area contributed by atoms with Gasteiger partial charge in [-0.3, -0.25) is 4.99 Å². The zero-order valence-electron chi connectivity index (χ0n) is 11.4. The van der Waals surface area contributed by atoms with Crippen molar-refractivity contribution in [1.29, 1.82) is 0 Å². The van der Waals surface area contributed by atoms with Crippen LogP contribution in [0.4, 0.5) is 0 Å². The van der Waals surface area contributed by atoms with Gasteiger partial charge in [0.2, 0.25) is 0 Å². The number of likely N-dealkylation sites (tertiary alicyclic amines) is 1. The first-order valence-corrected chi connectivity index (χ1v) is 6.90. The molecule has 98 valence electrons. The van der Waals surface area contributed by atoms with Gasteiger partial charge in [-0.25, -0.2) is 0 Å². The molecule has 1 fully saturated rings. The molecular weight excluding hydrogens is 212 g/mol. The maximum Gasteiger partial charge on any atom is 0.193 e. The predicted molar refractivity (Wildman–Crippen MR) is 72.4 cm³/mol. The Bertz CT molecular complexity index is 275. The van der Waals surface area contributed by atoms with Gasteiger partial charge in [-0.05, 0) is 39.2 Å². The van der Waals surface area contributed by atoms with Gasteiger partial charge in [-0.2, -0.15) is 0 Å². The second-order valence-electron chi connectivity index (χ2n) is 5.60. The van der Waals surface area contributed by atoms with Crippen molar-refractivity contribution in [2.75, 3.05) is 39.8 Å². The fourth-order valence-corrected chi connectivity index (χ4v) is 2.69. The van der Waals surface area contributed by atoms with E-state index in [9.17, 15) is 0 Å². The Morgan fingerprint density at radius 3 is 2.88 bits per heavy atom. The fraction of sp³-hybridized carbons (Fsp3) is 0.923. The fourth-order valence-electron chi connectivity index (χ4n) is 2.69. The average molecular weight is 238 g/mol. The van der Waals surface area contributed by atoms with E-state index >= 15 is 0 Å². The lowest BCUT2D eigenvalue weighted by Crippen LogP contribution is -2.45. The van der Waals surface area contributed by atoms with Crippen molar-refractivity contribution in [3.63, 3.8) is 0 Å². The van der Waals surface area contributed by atoms with Crippen molar-refractivity contribution >= 4 is 5.96 Å². The van der Waals surface area contributed by atoms with Crippen LogP contribution in [0.25, 0.3) is 0 Å². The van der Waals surface area contributed by atoms with E-state index in [1.807, 2.05) is 0 Å². The van der Waals surface area contributed by atoms with E-state index in [1.165, 1.54) is 25.9 Å². The molecule has 2 rings (SSSR count). The van der Waals surface area contributed by atoms with E-state index in [0.717, 1.165) is 31.5 Å². The number of hydrogen-bond donors (Lipinski definition) is 1. The van der Waals surface area contributed by atoms with Crippen LogP contribution in [0.5, 0.6) is 0 Å². The van der Waals surface area contributed by atoms with Crippen molar-refractivity contribution in [2.45, 2.75) is 32.7 Å². The van der Waals surface area contributed by atoms with Gasteiger partial charge >= 0.3 is 0 Å². The van der Waals surface area contributed by atoms with Gasteiger partial charge in [0, 0.05) is 32.7 Å². The van der Waals surface area contributed by atoms with Gasteiger partial charge in [0.1, 0.15) is 0 Å². The number of hydrogen-bond acceptors (Lipinski definition) is 4. The molecule has 0 aliphatic carbocycles. The van der Waals surface area contributed by atoms with Crippen LogP contribution in [0, 0.1) is 5.92 Å². The van der Waals surface area contributed by atoms with Crippen LogP contribution >= 0.6 is 0 Å². The Balaban J connectivity index is 1.75. The van der Waals surface area contributed by atoms with Crippen LogP contribution in [0.15, 0.2) is 4.99 Å². The molecular formula is C13H26N4. The minimum Gasteiger partial charge on any atom is -0.356 e. The summed E-state index contributed by atoms with van der Waals surface area (Å²) in [5, 5.41) is 3.51. The van der Waals surface area contributed by atoms with E-state index in [0.29, 0.717) is 6.04 Å². The summed E-state index contributed by atoms with van der Waals surface area (Å²) >= 11 is 0. The minimum absolute atomic E-state index is 0.685. The molecule has 17 heavy (non-hydrogen) atoms. The van der Waals surface area contributed by atoms with E-state index < -0.39 is 0 Å². The van der Waals surface area contributed by atoms with E-state index in [2.05, 4.69) is 41.0 Å². The minimum atomic E-state index is 0.685. The van der Waals surface area contributed by atoms with Crippen molar-refractivity contribution < 1.29 is 0 Å². The molecule has 4 heteroatoms. The Kier molecular flexibility index (Phi) is 4.26. The van der Waals surface area contributed by atoms with Crippen molar-refractivity contribution in [3.8, 4) is 0 Å². The predicted octanol–water partition coefficient (Wildman–Crippen LogP) is 0.998. The second-order valence-corrected chi connectivity index (χ2v) is 5.60. The van der Waals surface area contributed by atoms with Gasteiger partial charge in [0.25, 0.3) is 0 Å². The van der Waals surface area contributed by atoms with Gasteiger partial charge in [0.15, 0.2) is 5.96 Å². The van der Waals surface area contributed by atoms with E-state index in [-0.39, 0.29) is 0 Å². The summed E-state index contributed by atoms with van der Waals surface area (Å²) < 4.78 is 0. The third kappa shape index (κ3) is 3.35. The molecule has 2 aliphatic heterocycles. The Morgan fingerprint density at radius 2 is 2.24 bits per heavy atom. The highest BCUT2D eigenvalue weighted by Crippen LogP contribution is 2.17. The summed E-state index contributed by atoms with van der Waals surface area (Å²) in [5.74, 6) is 1.87. The maximum atomic E-state index is 4.47. The van der Waals surface area contributed by atoms with Crippen LogP contribution < -0.4 is 5.32 Å². The third-order valence-electron chi connectivity index (χ3n) is 3.89. The molecule has 0 radical (unpaired) electrons. The molecule has 1 N–H and O–H groups in total. The number of piperidine rings is 1. The molecule has 0 aromatic carbocycles. The Hall–Kier alpha value is -0.770. The molecule has 2 aliphatic rings. The second kappa shape index (κ2) is 5.71. The number of nitrogens with one attached hydrogen (secondary N) is 1. The first-order chi connectivity index (χ1) is 8.16. The summed E-state index contributed by atoms with van der Waals surface area (Å²) in [6.45, 7) is 10.2. The van der Waals surface area contributed by atoms with E-state index in [4.69, 9.17) is 0 Å². The normalized spacial score (nSPS) is 26.5. The Labute approximate surface area is 105 Å². The summed E-state index contributed by atoms with van der Waals surface area (Å²) in [6, 6.07) is 0.685. The zero-order chi connectivity index (χ0) is 12.3. The third-order valence-corrected chi connectivity index (χ3v) is 3.89. The molecule has 0 amide bonds. The van der Waals surface area contributed by atoms with E-state index in [1.54, 1.807) is 0 Å². The highest BCUT2D eigenvalue weighted by Gasteiger charge is 2.22. The maximum absolute atomic E-state index is 4.47. The molecule has 0 aromatic rings.